The molecule has 2 rings (SSSR count). The number of hydrogen-bond acceptors (Lipinski definition) is 3. The molecule has 1 aliphatic heterocycles. The molecule has 22 heavy (non-hydrogen) atoms. The van der Waals surface area contributed by atoms with Gasteiger partial charge in [-0.1, -0.05) is 37.3 Å². The first kappa shape index (κ1) is 16.6. The molecule has 0 N–H and O–H groups in total. The van der Waals surface area contributed by atoms with Gasteiger partial charge in [0, 0.05) is 38.4 Å². The zero-order valence-electron chi connectivity index (χ0n) is 13.3. The number of carbonyl (C=O) groups excluding carboxylic acids is 1. The lowest BCUT2D eigenvalue weighted by atomic mass is 9.96. The SMILES string of the molecule is C#CCC1CC(OC(=O)CC)CCN1CCc1ccccc1. The molecule has 118 valence electrons. The normalized spacial score (nSPS) is 22.0. The standard InChI is InChI=1S/C19H25NO2/c1-3-8-17-15-18(22-19(21)4-2)12-14-20(17)13-11-16-9-6-5-7-10-16/h1,5-7,9-10,17-18H,4,8,11-15H2,2H3. The Kier molecular flexibility index (Phi) is 6.48. The summed E-state index contributed by atoms with van der Waals surface area (Å²) in [5.74, 6) is 2.66. The van der Waals surface area contributed by atoms with E-state index in [1.54, 1.807) is 0 Å². The number of ether oxygens (including phenoxy) is 1. The summed E-state index contributed by atoms with van der Waals surface area (Å²) in [4.78, 5) is 13.9. The first-order valence-electron chi connectivity index (χ1n) is 8.13. The smallest absolute Gasteiger partial charge is 0.305 e. The van der Waals surface area contributed by atoms with Crippen LogP contribution in [0, 0.1) is 12.3 Å². The van der Waals surface area contributed by atoms with Crippen LogP contribution in [0.1, 0.15) is 38.2 Å². The van der Waals surface area contributed by atoms with Gasteiger partial charge in [-0.2, -0.15) is 0 Å². The number of carbonyl (C=O) groups is 1. The van der Waals surface area contributed by atoms with E-state index >= 15 is 0 Å². The lowest BCUT2D eigenvalue weighted by Crippen LogP contribution is -2.46. The van der Waals surface area contributed by atoms with Crippen molar-refractivity contribution in [3.05, 3.63) is 35.9 Å². The monoisotopic (exact) mass is 299 g/mol. The van der Waals surface area contributed by atoms with Crippen molar-refractivity contribution < 1.29 is 9.53 Å². The average Bonchev–Trinajstić information content (AvgIpc) is 2.55. The van der Waals surface area contributed by atoms with Gasteiger partial charge in [-0.3, -0.25) is 9.69 Å². The molecule has 3 nitrogen and oxygen atoms in total. The quantitative estimate of drug-likeness (QED) is 0.597. The van der Waals surface area contributed by atoms with Crippen LogP contribution < -0.4 is 0 Å². The van der Waals surface area contributed by atoms with Crippen LogP contribution in [0.3, 0.4) is 0 Å². The van der Waals surface area contributed by atoms with Crippen LogP contribution in [0.25, 0.3) is 0 Å². The van der Waals surface area contributed by atoms with Gasteiger partial charge in [-0.15, -0.1) is 12.3 Å². The van der Waals surface area contributed by atoms with Crippen LogP contribution >= 0.6 is 0 Å². The van der Waals surface area contributed by atoms with Crippen molar-refractivity contribution in [2.24, 2.45) is 0 Å². The second-order valence-corrected chi connectivity index (χ2v) is 5.82. The lowest BCUT2D eigenvalue weighted by Gasteiger charge is -2.38. The van der Waals surface area contributed by atoms with Gasteiger partial charge >= 0.3 is 5.97 Å². The molecule has 0 aliphatic carbocycles. The van der Waals surface area contributed by atoms with Crippen LogP contribution in [-0.2, 0) is 16.0 Å². The first-order chi connectivity index (χ1) is 10.7. The second kappa shape index (κ2) is 8.60. The van der Waals surface area contributed by atoms with Crippen molar-refractivity contribution >= 4 is 5.97 Å². The van der Waals surface area contributed by atoms with Gasteiger partial charge in [0.05, 0.1) is 0 Å². The number of hydrogen-bond donors (Lipinski definition) is 0. The van der Waals surface area contributed by atoms with Gasteiger partial charge in [-0.25, -0.2) is 0 Å². The van der Waals surface area contributed by atoms with Crippen molar-refractivity contribution in [1.82, 2.24) is 4.90 Å². The number of terminal acetylenes is 1. The molecular formula is C19H25NO2. The van der Waals surface area contributed by atoms with E-state index in [-0.39, 0.29) is 12.1 Å². The molecule has 2 atom stereocenters. The number of likely N-dealkylation sites (tertiary alicyclic amines) is 1. The van der Waals surface area contributed by atoms with Gasteiger partial charge in [0.1, 0.15) is 6.10 Å². The summed E-state index contributed by atoms with van der Waals surface area (Å²) in [6.07, 6.45) is 9.49. The lowest BCUT2D eigenvalue weighted by molar-refractivity contribution is -0.151. The summed E-state index contributed by atoms with van der Waals surface area (Å²) in [6.45, 7) is 3.78. The molecule has 0 saturated carbocycles. The predicted molar refractivity (Wildman–Crippen MR) is 88.4 cm³/mol. The highest BCUT2D eigenvalue weighted by Gasteiger charge is 2.29. The van der Waals surface area contributed by atoms with E-state index in [2.05, 4.69) is 35.1 Å². The van der Waals surface area contributed by atoms with Crippen molar-refractivity contribution in [1.29, 1.82) is 0 Å². The van der Waals surface area contributed by atoms with Crippen LogP contribution in [0.15, 0.2) is 30.3 Å². The molecule has 0 aromatic heterocycles. The maximum Gasteiger partial charge on any atom is 0.305 e. The third-order valence-electron chi connectivity index (χ3n) is 4.26. The van der Waals surface area contributed by atoms with Gasteiger partial charge in [-0.05, 0) is 18.4 Å². The Hall–Kier alpha value is -1.79. The fourth-order valence-electron chi connectivity index (χ4n) is 3.00. The van der Waals surface area contributed by atoms with Crippen molar-refractivity contribution in [2.45, 2.75) is 51.2 Å². The van der Waals surface area contributed by atoms with Gasteiger partial charge < -0.3 is 4.74 Å². The predicted octanol–water partition coefficient (Wildman–Crippen LogP) is 3.04. The zero-order valence-corrected chi connectivity index (χ0v) is 13.3. The molecule has 1 fully saturated rings. The molecule has 1 aromatic rings. The highest BCUT2D eigenvalue weighted by atomic mass is 16.5. The Balaban J connectivity index is 1.88. The van der Waals surface area contributed by atoms with E-state index in [0.29, 0.717) is 12.5 Å². The summed E-state index contributed by atoms with van der Waals surface area (Å²) >= 11 is 0. The summed E-state index contributed by atoms with van der Waals surface area (Å²) in [5, 5.41) is 0. The third kappa shape index (κ3) is 4.89. The highest BCUT2D eigenvalue weighted by molar-refractivity contribution is 5.69. The molecule has 3 heteroatoms. The molecule has 1 saturated heterocycles. The van der Waals surface area contributed by atoms with Crippen LogP contribution in [-0.4, -0.2) is 36.1 Å². The largest absolute Gasteiger partial charge is 0.462 e. The topological polar surface area (TPSA) is 29.5 Å². The number of rotatable bonds is 6. The number of nitrogens with zero attached hydrogens (tertiary/aromatic N) is 1. The summed E-state index contributed by atoms with van der Waals surface area (Å²) in [6, 6.07) is 10.8. The minimum absolute atomic E-state index is 0.0266. The molecule has 2 unspecified atom stereocenters. The molecule has 1 aliphatic rings. The van der Waals surface area contributed by atoms with Crippen LogP contribution in [0.5, 0.6) is 0 Å². The zero-order chi connectivity index (χ0) is 15.8. The third-order valence-corrected chi connectivity index (χ3v) is 4.26. The molecule has 0 spiro atoms. The van der Waals surface area contributed by atoms with Gasteiger partial charge in [0.15, 0.2) is 0 Å². The first-order valence-corrected chi connectivity index (χ1v) is 8.13. The Morgan fingerprint density at radius 1 is 1.41 bits per heavy atom. The molecular weight excluding hydrogens is 274 g/mol. The van der Waals surface area contributed by atoms with Crippen LogP contribution in [0.4, 0.5) is 0 Å². The number of esters is 1. The van der Waals surface area contributed by atoms with E-state index in [9.17, 15) is 4.79 Å². The Morgan fingerprint density at radius 2 is 2.18 bits per heavy atom. The van der Waals surface area contributed by atoms with E-state index in [0.717, 1.165) is 38.8 Å². The minimum Gasteiger partial charge on any atom is -0.462 e. The Labute approximate surface area is 133 Å². The summed E-state index contributed by atoms with van der Waals surface area (Å²) in [7, 11) is 0. The molecule has 0 amide bonds. The maximum absolute atomic E-state index is 11.5. The van der Waals surface area contributed by atoms with E-state index < -0.39 is 0 Å². The molecule has 0 radical (unpaired) electrons. The van der Waals surface area contributed by atoms with Gasteiger partial charge in [0.2, 0.25) is 0 Å². The maximum atomic E-state index is 11.5. The van der Waals surface area contributed by atoms with Gasteiger partial charge in [0.25, 0.3) is 0 Å². The Bertz CT molecular complexity index is 506. The molecule has 1 heterocycles. The fraction of sp³-hybridized carbons (Fsp3) is 0.526. The average molecular weight is 299 g/mol. The van der Waals surface area contributed by atoms with Crippen molar-refractivity contribution in [2.75, 3.05) is 13.1 Å². The number of piperidine rings is 1. The van der Waals surface area contributed by atoms with Crippen molar-refractivity contribution in [3.8, 4) is 12.3 Å². The van der Waals surface area contributed by atoms with E-state index in [1.807, 2.05) is 13.0 Å². The summed E-state index contributed by atoms with van der Waals surface area (Å²) < 4.78 is 5.49. The Morgan fingerprint density at radius 3 is 2.86 bits per heavy atom. The van der Waals surface area contributed by atoms with E-state index in [4.69, 9.17) is 11.2 Å². The fourth-order valence-corrected chi connectivity index (χ4v) is 3.00. The molecule has 1 aromatic carbocycles. The minimum atomic E-state index is -0.109. The van der Waals surface area contributed by atoms with Crippen molar-refractivity contribution in [3.63, 3.8) is 0 Å². The second-order valence-electron chi connectivity index (χ2n) is 5.82. The molecule has 0 bridgehead atoms. The number of benzene rings is 1. The summed E-state index contributed by atoms with van der Waals surface area (Å²) in [5.41, 5.74) is 1.35. The highest BCUT2D eigenvalue weighted by Crippen LogP contribution is 2.23. The van der Waals surface area contributed by atoms with Crippen LogP contribution in [0.2, 0.25) is 0 Å². The van der Waals surface area contributed by atoms with E-state index in [1.165, 1.54) is 5.56 Å².